The molecule has 0 aliphatic rings. The van der Waals surface area contributed by atoms with Crippen molar-refractivity contribution in [3.05, 3.63) is 65.0 Å². The first kappa shape index (κ1) is 13.0. The number of ketones is 1. The molecule has 1 heterocycles. The molecule has 96 valence electrons. The van der Waals surface area contributed by atoms with Crippen LogP contribution in [0.2, 0.25) is 0 Å². The predicted octanol–water partition coefficient (Wildman–Crippen LogP) is 3.30. The minimum absolute atomic E-state index is 0.0866. The van der Waals surface area contributed by atoms with Gasteiger partial charge in [0.25, 0.3) is 0 Å². The molecule has 3 nitrogen and oxygen atoms in total. The van der Waals surface area contributed by atoms with E-state index in [1.54, 1.807) is 30.6 Å². The number of phenols is 1. The molecule has 2 rings (SSSR count). The minimum Gasteiger partial charge on any atom is -0.507 e. The van der Waals surface area contributed by atoms with Gasteiger partial charge in [-0.3, -0.25) is 9.78 Å². The fraction of sp³-hybridized carbons (Fsp3) is 0.125. The highest BCUT2D eigenvalue weighted by Gasteiger charge is 2.03. The summed E-state index contributed by atoms with van der Waals surface area (Å²) in [6.07, 6.45) is 6.43. The lowest BCUT2D eigenvalue weighted by atomic mass is 10.0. The Morgan fingerprint density at radius 2 is 1.95 bits per heavy atom. The van der Waals surface area contributed by atoms with Crippen LogP contribution in [0.3, 0.4) is 0 Å². The molecule has 0 atom stereocenters. The number of carbonyl (C=O) groups excluding carboxylic acids is 1. The first-order chi connectivity index (χ1) is 9.08. The molecule has 0 amide bonds. The number of aryl methyl sites for hydroxylation is 2. The number of aromatic hydroxyl groups is 1. The molecular weight excluding hydrogens is 238 g/mol. The molecule has 1 N–H and O–H groups in total. The van der Waals surface area contributed by atoms with Crippen LogP contribution in [0.15, 0.2) is 42.7 Å². The first-order valence-corrected chi connectivity index (χ1v) is 6.00. The molecule has 0 fully saturated rings. The van der Waals surface area contributed by atoms with E-state index in [4.69, 9.17) is 0 Å². The molecule has 0 spiro atoms. The lowest BCUT2D eigenvalue weighted by molar-refractivity contribution is 0.104. The predicted molar refractivity (Wildman–Crippen MR) is 75.2 cm³/mol. The Hall–Kier alpha value is -2.42. The Balaban J connectivity index is 2.22. The van der Waals surface area contributed by atoms with Crippen LogP contribution in [-0.4, -0.2) is 15.9 Å². The summed E-state index contributed by atoms with van der Waals surface area (Å²) in [6.45, 7) is 3.67. The van der Waals surface area contributed by atoms with Crippen molar-refractivity contribution in [2.24, 2.45) is 0 Å². The van der Waals surface area contributed by atoms with Crippen LogP contribution in [0.5, 0.6) is 5.75 Å². The molecule has 1 aromatic carbocycles. The average Bonchev–Trinajstić information content (AvgIpc) is 2.43. The van der Waals surface area contributed by atoms with Crippen molar-refractivity contribution in [1.82, 2.24) is 4.98 Å². The van der Waals surface area contributed by atoms with Gasteiger partial charge in [-0.25, -0.2) is 0 Å². The number of rotatable bonds is 3. The molecular formula is C16H15NO2. The van der Waals surface area contributed by atoms with E-state index < -0.39 is 0 Å². The van der Waals surface area contributed by atoms with E-state index in [-0.39, 0.29) is 5.78 Å². The van der Waals surface area contributed by atoms with Gasteiger partial charge in [-0.2, -0.15) is 0 Å². The summed E-state index contributed by atoms with van der Waals surface area (Å²) in [7, 11) is 0. The Labute approximate surface area is 112 Å². The number of nitrogens with zero attached hydrogens (tertiary/aromatic N) is 1. The Kier molecular flexibility index (Phi) is 3.76. The van der Waals surface area contributed by atoms with Gasteiger partial charge in [0.2, 0.25) is 0 Å². The monoisotopic (exact) mass is 253 g/mol. The molecule has 19 heavy (non-hydrogen) atoms. The summed E-state index contributed by atoms with van der Waals surface area (Å²) in [4.78, 5) is 15.8. The number of benzene rings is 1. The van der Waals surface area contributed by atoms with Gasteiger partial charge in [0.05, 0.1) is 0 Å². The number of hydrogen-bond donors (Lipinski definition) is 1. The zero-order valence-electron chi connectivity index (χ0n) is 10.9. The SMILES string of the molecule is Cc1cc(/C=C/C(=O)c2cccnc2)cc(C)c1O. The van der Waals surface area contributed by atoms with Crippen molar-refractivity contribution in [3.63, 3.8) is 0 Å². The molecule has 0 radical (unpaired) electrons. The summed E-state index contributed by atoms with van der Waals surface area (Å²) in [6, 6.07) is 7.15. The summed E-state index contributed by atoms with van der Waals surface area (Å²) >= 11 is 0. The van der Waals surface area contributed by atoms with Crippen molar-refractivity contribution in [3.8, 4) is 5.75 Å². The second-order valence-corrected chi connectivity index (χ2v) is 4.44. The molecule has 2 aromatic rings. The van der Waals surface area contributed by atoms with E-state index in [1.807, 2.05) is 26.0 Å². The summed E-state index contributed by atoms with van der Waals surface area (Å²) < 4.78 is 0. The van der Waals surface area contributed by atoms with Crippen LogP contribution in [0.1, 0.15) is 27.0 Å². The molecule has 0 aliphatic heterocycles. The maximum Gasteiger partial charge on any atom is 0.187 e. The van der Waals surface area contributed by atoms with Gasteiger partial charge in [0, 0.05) is 18.0 Å². The summed E-state index contributed by atoms with van der Waals surface area (Å²) in [5.41, 5.74) is 3.05. The quantitative estimate of drug-likeness (QED) is 0.674. The van der Waals surface area contributed by atoms with Gasteiger partial charge in [-0.15, -0.1) is 0 Å². The van der Waals surface area contributed by atoms with Crippen LogP contribution in [0.25, 0.3) is 6.08 Å². The van der Waals surface area contributed by atoms with Gasteiger partial charge in [-0.05, 0) is 60.9 Å². The molecule has 3 heteroatoms. The van der Waals surface area contributed by atoms with E-state index >= 15 is 0 Å². The third kappa shape index (κ3) is 3.07. The smallest absolute Gasteiger partial charge is 0.187 e. The number of aromatic nitrogens is 1. The molecule has 0 bridgehead atoms. The van der Waals surface area contributed by atoms with E-state index in [0.29, 0.717) is 11.3 Å². The zero-order valence-corrected chi connectivity index (χ0v) is 10.9. The van der Waals surface area contributed by atoms with E-state index in [9.17, 15) is 9.90 Å². The highest BCUT2D eigenvalue weighted by atomic mass is 16.3. The highest BCUT2D eigenvalue weighted by Crippen LogP contribution is 2.23. The fourth-order valence-electron chi connectivity index (χ4n) is 1.86. The van der Waals surface area contributed by atoms with Gasteiger partial charge in [0.1, 0.15) is 5.75 Å². The number of phenolic OH excluding ortho intramolecular Hbond substituents is 1. The van der Waals surface area contributed by atoms with E-state index in [0.717, 1.165) is 16.7 Å². The van der Waals surface area contributed by atoms with Gasteiger partial charge in [0.15, 0.2) is 5.78 Å². The topological polar surface area (TPSA) is 50.2 Å². The maximum atomic E-state index is 11.9. The van der Waals surface area contributed by atoms with E-state index in [2.05, 4.69) is 4.98 Å². The van der Waals surface area contributed by atoms with Crippen molar-refractivity contribution < 1.29 is 9.90 Å². The lowest BCUT2D eigenvalue weighted by Gasteiger charge is -2.04. The van der Waals surface area contributed by atoms with Crippen LogP contribution < -0.4 is 0 Å². The fourth-order valence-corrected chi connectivity index (χ4v) is 1.86. The lowest BCUT2D eigenvalue weighted by Crippen LogP contribution is -1.94. The Bertz CT molecular complexity index is 607. The maximum absolute atomic E-state index is 11.9. The average molecular weight is 253 g/mol. The number of carbonyl (C=O) groups is 1. The van der Waals surface area contributed by atoms with Crippen molar-refractivity contribution in [2.75, 3.05) is 0 Å². The number of pyridine rings is 1. The third-order valence-corrected chi connectivity index (χ3v) is 2.89. The van der Waals surface area contributed by atoms with E-state index in [1.165, 1.54) is 6.08 Å². The Morgan fingerprint density at radius 1 is 1.26 bits per heavy atom. The zero-order chi connectivity index (χ0) is 13.8. The molecule has 0 unspecified atom stereocenters. The summed E-state index contributed by atoms with van der Waals surface area (Å²) in [5, 5.41) is 9.69. The highest BCUT2D eigenvalue weighted by molar-refractivity contribution is 6.06. The van der Waals surface area contributed by atoms with Crippen molar-refractivity contribution >= 4 is 11.9 Å². The number of allylic oxidation sites excluding steroid dienone is 1. The van der Waals surface area contributed by atoms with Crippen molar-refractivity contribution in [1.29, 1.82) is 0 Å². The first-order valence-electron chi connectivity index (χ1n) is 6.00. The molecule has 0 aliphatic carbocycles. The largest absolute Gasteiger partial charge is 0.507 e. The van der Waals surface area contributed by atoms with Gasteiger partial charge < -0.3 is 5.11 Å². The molecule has 0 saturated carbocycles. The second kappa shape index (κ2) is 5.48. The van der Waals surface area contributed by atoms with Crippen molar-refractivity contribution in [2.45, 2.75) is 13.8 Å². The Morgan fingerprint density at radius 3 is 2.53 bits per heavy atom. The molecule has 0 saturated heterocycles. The third-order valence-electron chi connectivity index (χ3n) is 2.89. The standard InChI is InChI=1S/C16H15NO2/c1-11-8-13(9-12(2)16(11)19)5-6-15(18)14-4-3-7-17-10-14/h3-10,19H,1-2H3/b6-5+. The second-order valence-electron chi connectivity index (χ2n) is 4.44. The van der Waals surface area contributed by atoms with Gasteiger partial charge >= 0.3 is 0 Å². The number of hydrogen-bond acceptors (Lipinski definition) is 3. The van der Waals surface area contributed by atoms with Crippen LogP contribution in [-0.2, 0) is 0 Å². The summed E-state index contributed by atoms with van der Waals surface area (Å²) in [5.74, 6) is 0.215. The van der Waals surface area contributed by atoms with Crippen LogP contribution in [0.4, 0.5) is 0 Å². The normalized spacial score (nSPS) is 10.8. The molecule has 1 aromatic heterocycles. The van der Waals surface area contributed by atoms with Crippen LogP contribution >= 0.6 is 0 Å². The van der Waals surface area contributed by atoms with Gasteiger partial charge in [-0.1, -0.05) is 6.08 Å². The minimum atomic E-state index is -0.0866. The van der Waals surface area contributed by atoms with Crippen LogP contribution in [0, 0.1) is 13.8 Å².